The van der Waals surface area contributed by atoms with Gasteiger partial charge in [-0.2, -0.15) is 0 Å². The topological polar surface area (TPSA) is 146 Å². The van der Waals surface area contributed by atoms with Crippen molar-refractivity contribution in [3.8, 4) is 0 Å². The summed E-state index contributed by atoms with van der Waals surface area (Å²) in [5.41, 5.74) is -5.32. The number of rotatable bonds is 4. The lowest BCUT2D eigenvalue weighted by Gasteiger charge is -2.68. The zero-order chi connectivity index (χ0) is 31.0. The molecule has 0 aromatic heterocycles. The van der Waals surface area contributed by atoms with Crippen LogP contribution in [0.15, 0.2) is 41.5 Å². The summed E-state index contributed by atoms with van der Waals surface area (Å²) in [6, 6.07) is 8.26. The van der Waals surface area contributed by atoms with Crippen LogP contribution in [0.3, 0.4) is 0 Å². The van der Waals surface area contributed by atoms with E-state index in [0.717, 1.165) is 0 Å². The Morgan fingerprint density at radius 1 is 1.02 bits per heavy atom. The number of ether oxygens (including phenoxy) is 4. The van der Waals surface area contributed by atoms with Crippen LogP contribution >= 0.6 is 0 Å². The molecule has 5 rings (SSSR count). The maximum atomic E-state index is 15.0. The van der Waals surface area contributed by atoms with Gasteiger partial charge in [-0.3, -0.25) is 14.4 Å². The smallest absolute Gasteiger partial charge is 0.338 e. The summed E-state index contributed by atoms with van der Waals surface area (Å²) in [4.78, 5) is 53.8. The second-order valence-corrected chi connectivity index (χ2v) is 13.2. The van der Waals surface area contributed by atoms with Crippen LogP contribution in [0.2, 0.25) is 0 Å². The summed E-state index contributed by atoms with van der Waals surface area (Å²) in [5, 5.41) is 24.3. The summed E-state index contributed by atoms with van der Waals surface area (Å²) in [6.07, 6.45) is -4.67. The van der Waals surface area contributed by atoms with Crippen molar-refractivity contribution in [3.05, 3.63) is 47.0 Å². The van der Waals surface area contributed by atoms with Gasteiger partial charge in [-0.15, -0.1) is 0 Å². The molecule has 9 atom stereocenters. The second-order valence-electron chi connectivity index (χ2n) is 13.2. The Morgan fingerprint density at radius 2 is 1.67 bits per heavy atom. The summed E-state index contributed by atoms with van der Waals surface area (Å²) in [6.45, 7) is 10.9. The van der Waals surface area contributed by atoms with Gasteiger partial charge in [-0.25, -0.2) is 4.79 Å². The van der Waals surface area contributed by atoms with E-state index in [0.29, 0.717) is 12.0 Å². The zero-order valence-corrected chi connectivity index (χ0v) is 25.1. The quantitative estimate of drug-likeness (QED) is 0.308. The number of benzene rings is 1. The predicted molar refractivity (Wildman–Crippen MR) is 148 cm³/mol. The molecule has 0 amide bonds. The number of hydrogen-bond donors (Lipinski definition) is 2. The monoisotopic (exact) mass is 584 g/mol. The fourth-order valence-corrected chi connectivity index (χ4v) is 8.20. The molecule has 228 valence electrons. The molecule has 10 nitrogen and oxygen atoms in total. The van der Waals surface area contributed by atoms with Gasteiger partial charge in [0.25, 0.3) is 0 Å². The number of Topliss-reactive ketones (excluding diaryl/α,β-unsaturated/α-hetero) is 1. The van der Waals surface area contributed by atoms with Crippen molar-refractivity contribution in [2.75, 3.05) is 6.61 Å². The molecule has 42 heavy (non-hydrogen) atoms. The third kappa shape index (κ3) is 4.09. The molecule has 2 N–H and O–H groups in total. The largest absolute Gasteiger partial charge is 0.455 e. The molecule has 3 aliphatic carbocycles. The highest BCUT2D eigenvalue weighted by atomic mass is 16.6. The van der Waals surface area contributed by atoms with E-state index in [9.17, 15) is 29.4 Å². The van der Waals surface area contributed by atoms with Crippen LogP contribution in [0.5, 0.6) is 0 Å². The Balaban J connectivity index is 1.84. The Hall–Kier alpha value is -3.08. The van der Waals surface area contributed by atoms with Crippen molar-refractivity contribution in [2.45, 2.75) is 96.9 Å². The van der Waals surface area contributed by atoms with E-state index in [1.54, 1.807) is 58.0 Å². The van der Waals surface area contributed by atoms with Crippen molar-refractivity contribution in [1.82, 2.24) is 0 Å². The van der Waals surface area contributed by atoms with Gasteiger partial charge in [-0.1, -0.05) is 45.9 Å². The average Bonchev–Trinajstić information content (AvgIpc) is 2.90. The third-order valence-electron chi connectivity index (χ3n) is 10.7. The lowest BCUT2D eigenvalue weighted by molar-refractivity contribution is -0.340. The number of carbonyl (C=O) groups excluding carboxylic acids is 4. The van der Waals surface area contributed by atoms with Crippen molar-refractivity contribution in [1.29, 1.82) is 0 Å². The summed E-state index contributed by atoms with van der Waals surface area (Å²) in [5.74, 6) is -4.10. The van der Waals surface area contributed by atoms with E-state index in [1.807, 2.05) is 6.92 Å². The lowest BCUT2D eigenvalue weighted by Crippen LogP contribution is -2.80. The summed E-state index contributed by atoms with van der Waals surface area (Å²) in [7, 11) is 0. The second kappa shape index (κ2) is 9.99. The molecule has 0 radical (unpaired) electrons. The van der Waals surface area contributed by atoms with Crippen LogP contribution in [-0.2, 0) is 33.3 Å². The molecule has 1 aromatic rings. The number of aliphatic hydroxyl groups excluding tert-OH is 1. The Labute approximate surface area is 245 Å². The molecule has 1 aromatic carbocycles. The van der Waals surface area contributed by atoms with Gasteiger partial charge in [0.05, 0.1) is 24.2 Å². The maximum Gasteiger partial charge on any atom is 0.338 e. The molecule has 0 unspecified atom stereocenters. The Morgan fingerprint density at radius 3 is 2.21 bits per heavy atom. The van der Waals surface area contributed by atoms with Gasteiger partial charge in [0.15, 0.2) is 17.5 Å². The van der Waals surface area contributed by atoms with E-state index in [-0.39, 0.29) is 24.2 Å². The van der Waals surface area contributed by atoms with E-state index in [4.69, 9.17) is 18.9 Å². The van der Waals surface area contributed by atoms with E-state index in [1.165, 1.54) is 13.8 Å². The van der Waals surface area contributed by atoms with Crippen molar-refractivity contribution in [2.24, 2.45) is 22.7 Å². The highest BCUT2D eigenvalue weighted by Crippen LogP contribution is 2.65. The number of fused-ring (bicyclic) bond motifs is 5. The van der Waals surface area contributed by atoms with Crippen LogP contribution < -0.4 is 0 Å². The molecule has 4 aliphatic rings. The van der Waals surface area contributed by atoms with Crippen LogP contribution in [0.4, 0.5) is 0 Å². The highest BCUT2D eigenvalue weighted by molar-refractivity contribution is 5.95. The van der Waals surface area contributed by atoms with E-state index in [2.05, 4.69) is 0 Å². The first-order chi connectivity index (χ1) is 19.5. The number of esters is 3. The SMILES string of the molecule is CC(=O)O[C@H]1C(=O)[C@@]2(C)[C@H]([C@H](OC(=O)c3ccccc3)[C@]3(O)C[C@H](O)C(C)=C1C3(C)C)[C@]1(OC(C)=O)CO[C@@H]1C[C@@H]2C. The van der Waals surface area contributed by atoms with Gasteiger partial charge in [-0.05, 0) is 42.5 Å². The minimum absolute atomic E-state index is 0.0874. The molecule has 2 bridgehead atoms. The van der Waals surface area contributed by atoms with Crippen LogP contribution in [0.25, 0.3) is 0 Å². The van der Waals surface area contributed by atoms with Crippen LogP contribution in [0.1, 0.15) is 71.7 Å². The van der Waals surface area contributed by atoms with Gasteiger partial charge < -0.3 is 29.2 Å². The first-order valence-electron chi connectivity index (χ1n) is 14.4. The average molecular weight is 585 g/mol. The van der Waals surface area contributed by atoms with Crippen LogP contribution in [0, 0.1) is 22.7 Å². The number of ketones is 1. The molecule has 0 spiro atoms. The minimum Gasteiger partial charge on any atom is -0.455 e. The van der Waals surface area contributed by atoms with E-state index < -0.39 is 82.0 Å². The van der Waals surface area contributed by atoms with Crippen molar-refractivity contribution in [3.63, 3.8) is 0 Å². The first-order valence-corrected chi connectivity index (χ1v) is 14.4. The van der Waals surface area contributed by atoms with Gasteiger partial charge in [0.2, 0.25) is 0 Å². The maximum absolute atomic E-state index is 15.0. The van der Waals surface area contributed by atoms with Gasteiger partial charge >= 0.3 is 17.9 Å². The summed E-state index contributed by atoms with van der Waals surface area (Å²) < 4.78 is 24.0. The van der Waals surface area contributed by atoms with E-state index >= 15 is 0 Å². The number of aliphatic hydroxyl groups is 2. The number of carbonyl (C=O) groups is 4. The Kier molecular flexibility index (Phi) is 7.23. The number of hydrogen-bond acceptors (Lipinski definition) is 10. The first kappa shape index (κ1) is 30.4. The fourth-order valence-electron chi connectivity index (χ4n) is 8.20. The molecular weight excluding hydrogens is 544 g/mol. The van der Waals surface area contributed by atoms with Gasteiger partial charge in [0, 0.05) is 31.1 Å². The minimum atomic E-state index is -2.00. The fraction of sp³-hybridized carbons (Fsp3) is 0.625. The molecule has 10 heteroatoms. The molecule has 1 saturated heterocycles. The molecule has 1 aliphatic heterocycles. The molecule has 2 saturated carbocycles. The van der Waals surface area contributed by atoms with Crippen molar-refractivity contribution >= 4 is 23.7 Å². The lowest BCUT2D eigenvalue weighted by atomic mass is 9.43. The third-order valence-corrected chi connectivity index (χ3v) is 10.7. The highest BCUT2D eigenvalue weighted by Gasteiger charge is 2.77. The predicted octanol–water partition coefficient (Wildman–Crippen LogP) is 2.93. The Bertz CT molecular complexity index is 1350. The standard InChI is InChI=1S/C32H40O10/c1-16-13-22-31(15-39-22,42-19(4)34)25-27(41-28(37)20-11-9-8-10-12-20)32(38)14-21(35)17(2)23(29(32,5)6)24(40-18(3)33)26(36)30(16,25)7/h8-12,16,21-22,24-25,27,35,38H,13-15H2,1-7H3/t16-,21-,22+,24+,25-,27-,30+,31-,32+/m0/s1. The van der Waals surface area contributed by atoms with Gasteiger partial charge in [0.1, 0.15) is 17.8 Å². The molecule has 3 fully saturated rings. The molecule has 1 heterocycles. The zero-order valence-electron chi connectivity index (χ0n) is 25.1. The normalized spacial score (nSPS) is 40.4. The summed E-state index contributed by atoms with van der Waals surface area (Å²) >= 11 is 0. The van der Waals surface area contributed by atoms with Crippen LogP contribution in [-0.4, -0.2) is 76.1 Å². The molecular formula is C32H40O10. The van der Waals surface area contributed by atoms with Crippen molar-refractivity contribution < 1.29 is 48.3 Å².